The van der Waals surface area contributed by atoms with Crippen LogP contribution in [0.15, 0.2) is 71.6 Å². The second-order valence-corrected chi connectivity index (χ2v) is 6.18. The van der Waals surface area contributed by atoms with E-state index >= 15 is 0 Å². The minimum atomic E-state index is 1.04. The highest BCUT2D eigenvalue weighted by Gasteiger charge is 2.12. The number of fused-ring (bicyclic) bond motifs is 5. The van der Waals surface area contributed by atoms with Gasteiger partial charge in [-0.1, -0.05) is 18.2 Å². The number of hydrogen-bond donors (Lipinski definition) is 0. The van der Waals surface area contributed by atoms with Crippen molar-refractivity contribution in [1.82, 2.24) is 9.38 Å². The molecule has 0 aliphatic carbocycles. The van der Waals surface area contributed by atoms with Crippen LogP contribution in [0, 0.1) is 0 Å². The highest BCUT2D eigenvalue weighted by molar-refractivity contribution is 7.08. The van der Waals surface area contributed by atoms with E-state index in [1.807, 2.05) is 12.3 Å². The average molecular weight is 300 g/mol. The fourth-order valence-corrected chi connectivity index (χ4v) is 3.83. The van der Waals surface area contributed by atoms with Gasteiger partial charge in [0.05, 0.1) is 22.2 Å². The van der Waals surface area contributed by atoms with E-state index in [1.54, 1.807) is 11.3 Å². The summed E-state index contributed by atoms with van der Waals surface area (Å²) in [5, 5.41) is 6.77. The van der Waals surface area contributed by atoms with Gasteiger partial charge in [0, 0.05) is 27.9 Å². The molecule has 0 radical (unpaired) electrons. The van der Waals surface area contributed by atoms with E-state index in [4.69, 9.17) is 0 Å². The normalized spacial score (nSPS) is 11.6. The van der Waals surface area contributed by atoms with Crippen LogP contribution >= 0.6 is 11.3 Å². The van der Waals surface area contributed by atoms with E-state index < -0.39 is 0 Å². The zero-order chi connectivity index (χ0) is 14.5. The maximum Gasteiger partial charge on any atom is 0.0744 e. The van der Waals surface area contributed by atoms with Crippen molar-refractivity contribution in [3.63, 3.8) is 0 Å². The number of nitrogens with zero attached hydrogens (tertiary/aromatic N) is 2. The molecule has 3 heteroatoms. The Kier molecular flexibility index (Phi) is 2.40. The smallest absolute Gasteiger partial charge is 0.0744 e. The van der Waals surface area contributed by atoms with E-state index in [0.717, 1.165) is 5.52 Å². The number of thiophene rings is 1. The van der Waals surface area contributed by atoms with E-state index in [9.17, 15) is 0 Å². The third-order valence-electron chi connectivity index (χ3n) is 4.16. The molecule has 5 aromatic rings. The first-order valence-corrected chi connectivity index (χ1v) is 8.16. The molecule has 5 rings (SSSR count). The Balaban J connectivity index is 2.09. The molecule has 0 atom stereocenters. The lowest BCUT2D eigenvalue weighted by Crippen LogP contribution is -1.93. The third-order valence-corrected chi connectivity index (χ3v) is 4.84. The molecule has 4 aromatic heterocycles. The monoisotopic (exact) mass is 300 g/mol. The predicted octanol–water partition coefficient (Wildman–Crippen LogP) is 5.37. The Morgan fingerprint density at radius 1 is 0.909 bits per heavy atom. The first-order chi connectivity index (χ1) is 10.9. The Morgan fingerprint density at radius 3 is 2.77 bits per heavy atom. The van der Waals surface area contributed by atoms with Gasteiger partial charge in [0.1, 0.15) is 0 Å². The maximum absolute atomic E-state index is 4.56. The summed E-state index contributed by atoms with van der Waals surface area (Å²) >= 11 is 1.72. The molecule has 4 heterocycles. The van der Waals surface area contributed by atoms with Crippen LogP contribution in [-0.2, 0) is 0 Å². The second-order valence-electron chi connectivity index (χ2n) is 5.40. The van der Waals surface area contributed by atoms with Gasteiger partial charge in [-0.15, -0.1) is 0 Å². The molecule has 0 unspecified atom stereocenters. The lowest BCUT2D eigenvalue weighted by Gasteiger charge is -2.09. The highest BCUT2D eigenvalue weighted by atomic mass is 32.1. The fourth-order valence-electron chi connectivity index (χ4n) is 3.18. The van der Waals surface area contributed by atoms with Gasteiger partial charge in [0.2, 0.25) is 0 Å². The summed E-state index contributed by atoms with van der Waals surface area (Å²) in [5.74, 6) is 0. The predicted molar refractivity (Wildman–Crippen MR) is 93.5 cm³/mol. The van der Waals surface area contributed by atoms with Gasteiger partial charge >= 0.3 is 0 Å². The summed E-state index contributed by atoms with van der Waals surface area (Å²) in [6.07, 6.45) is 1.86. The second kappa shape index (κ2) is 4.42. The van der Waals surface area contributed by atoms with Crippen molar-refractivity contribution in [2.45, 2.75) is 0 Å². The summed E-state index contributed by atoms with van der Waals surface area (Å²) < 4.78 is 2.35. The Bertz CT molecular complexity index is 1120. The molecule has 0 fully saturated rings. The molecule has 104 valence electrons. The van der Waals surface area contributed by atoms with Crippen LogP contribution in [0.25, 0.3) is 38.6 Å². The Labute approximate surface area is 131 Å². The molecule has 2 nitrogen and oxygen atoms in total. The zero-order valence-corrected chi connectivity index (χ0v) is 12.5. The standard InChI is InChI=1S/C19H12N2S/c1-2-6-17-13(4-1)10-19-15-5-3-8-20-16(15)11-18(21(17)19)14-7-9-22-12-14/h1-12H. The molecule has 0 bridgehead atoms. The SMILES string of the molecule is c1ccc2c(c1)cc1c3cccnc3cc(-c3ccsc3)n21. The molecule has 0 aliphatic heterocycles. The minimum absolute atomic E-state index is 1.04. The van der Waals surface area contributed by atoms with Crippen molar-refractivity contribution in [2.75, 3.05) is 0 Å². The average Bonchev–Trinajstić information content (AvgIpc) is 3.22. The molecular formula is C19H12N2S. The molecule has 0 saturated heterocycles. The molecule has 0 amide bonds. The number of rotatable bonds is 1. The van der Waals surface area contributed by atoms with Crippen molar-refractivity contribution in [1.29, 1.82) is 0 Å². The fraction of sp³-hybridized carbons (Fsp3) is 0. The molecule has 1 aromatic carbocycles. The van der Waals surface area contributed by atoms with Gasteiger partial charge in [-0.05, 0) is 41.8 Å². The van der Waals surface area contributed by atoms with Crippen molar-refractivity contribution in [3.8, 4) is 11.3 Å². The lowest BCUT2D eigenvalue weighted by atomic mass is 10.1. The Morgan fingerprint density at radius 2 is 1.86 bits per heavy atom. The number of para-hydroxylation sites is 1. The van der Waals surface area contributed by atoms with Crippen LogP contribution in [0.5, 0.6) is 0 Å². The van der Waals surface area contributed by atoms with E-state index in [2.05, 4.69) is 68.7 Å². The summed E-state index contributed by atoms with van der Waals surface area (Å²) in [6.45, 7) is 0. The van der Waals surface area contributed by atoms with Gasteiger partial charge in [-0.25, -0.2) is 0 Å². The van der Waals surface area contributed by atoms with Gasteiger partial charge in [0.25, 0.3) is 0 Å². The third kappa shape index (κ3) is 1.57. The topological polar surface area (TPSA) is 17.3 Å². The van der Waals surface area contributed by atoms with Crippen LogP contribution in [0.2, 0.25) is 0 Å². The summed E-state index contributed by atoms with van der Waals surface area (Å²) in [7, 11) is 0. The molecule has 0 spiro atoms. The first-order valence-electron chi connectivity index (χ1n) is 7.22. The summed E-state index contributed by atoms with van der Waals surface area (Å²) in [5.41, 5.74) is 5.93. The van der Waals surface area contributed by atoms with Crippen molar-refractivity contribution in [3.05, 3.63) is 71.6 Å². The number of pyridine rings is 2. The van der Waals surface area contributed by atoms with E-state index in [-0.39, 0.29) is 0 Å². The van der Waals surface area contributed by atoms with Crippen LogP contribution in [0.4, 0.5) is 0 Å². The zero-order valence-electron chi connectivity index (χ0n) is 11.7. The number of aromatic nitrogens is 2. The van der Waals surface area contributed by atoms with Crippen LogP contribution in [0.1, 0.15) is 0 Å². The van der Waals surface area contributed by atoms with Crippen LogP contribution in [0.3, 0.4) is 0 Å². The maximum atomic E-state index is 4.56. The van der Waals surface area contributed by atoms with Gasteiger partial charge < -0.3 is 4.40 Å². The largest absolute Gasteiger partial charge is 0.308 e. The summed E-state index contributed by atoms with van der Waals surface area (Å²) in [4.78, 5) is 4.56. The van der Waals surface area contributed by atoms with Crippen LogP contribution < -0.4 is 0 Å². The summed E-state index contributed by atoms with van der Waals surface area (Å²) in [6, 6.07) is 19.3. The molecular weight excluding hydrogens is 288 g/mol. The lowest BCUT2D eigenvalue weighted by molar-refractivity contribution is 1.26. The van der Waals surface area contributed by atoms with Crippen molar-refractivity contribution >= 4 is 38.7 Å². The van der Waals surface area contributed by atoms with Gasteiger partial charge in [-0.2, -0.15) is 11.3 Å². The molecule has 0 N–H and O–H groups in total. The van der Waals surface area contributed by atoms with E-state index in [0.29, 0.717) is 0 Å². The molecule has 0 aliphatic rings. The van der Waals surface area contributed by atoms with E-state index in [1.165, 1.54) is 33.1 Å². The molecule has 22 heavy (non-hydrogen) atoms. The number of hydrogen-bond acceptors (Lipinski definition) is 2. The minimum Gasteiger partial charge on any atom is -0.308 e. The highest BCUT2D eigenvalue weighted by Crippen LogP contribution is 2.33. The Hall–Kier alpha value is -2.65. The van der Waals surface area contributed by atoms with Crippen LogP contribution in [-0.4, -0.2) is 9.38 Å². The number of benzene rings is 1. The van der Waals surface area contributed by atoms with Gasteiger partial charge in [0.15, 0.2) is 0 Å². The van der Waals surface area contributed by atoms with Crippen molar-refractivity contribution < 1.29 is 0 Å². The molecule has 0 saturated carbocycles. The first kappa shape index (κ1) is 12.0. The van der Waals surface area contributed by atoms with Crippen molar-refractivity contribution in [2.24, 2.45) is 0 Å². The van der Waals surface area contributed by atoms with Gasteiger partial charge in [-0.3, -0.25) is 4.98 Å². The quantitative estimate of drug-likeness (QED) is 0.407.